The molecule has 130 valence electrons. The number of amides is 1. The summed E-state index contributed by atoms with van der Waals surface area (Å²) in [7, 11) is 0. The lowest BCUT2D eigenvalue weighted by Crippen LogP contribution is -2.38. The average Bonchev–Trinajstić information content (AvgIpc) is 2.97. The van der Waals surface area contributed by atoms with Gasteiger partial charge < -0.3 is 20.5 Å². The summed E-state index contributed by atoms with van der Waals surface area (Å²) in [5.74, 6) is -0.176. The fourth-order valence-electron chi connectivity index (χ4n) is 2.31. The van der Waals surface area contributed by atoms with E-state index in [2.05, 4.69) is 10.6 Å². The van der Waals surface area contributed by atoms with E-state index in [0.717, 1.165) is 19.4 Å². The minimum Gasteiger partial charge on any atom is -0.387 e. The normalized spacial score (nSPS) is 18.3. The summed E-state index contributed by atoms with van der Waals surface area (Å²) in [6.45, 7) is 1.77. The van der Waals surface area contributed by atoms with Gasteiger partial charge in [0.2, 0.25) is 5.91 Å². The van der Waals surface area contributed by atoms with Crippen molar-refractivity contribution in [3.8, 4) is 0 Å². The highest BCUT2D eigenvalue weighted by Crippen LogP contribution is 2.23. The smallest absolute Gasteiger partial charge is 0.234 e. The van der Waals surface area contributed by atoms with E-state index in [-0.39, 0.29) is 37.5 Å². The number of nitrogens with one attached hydrogen (secondary N) is 2. The van der Waals surface area contributed by atoms with Gasteiger partial charge in [0.15, 0.2) is 0 Å². The molecule has 2 atom stereocenters. The van der Waals surface area contributed by atoms with Crippen molar-refractivity contribution < 1.29 is 14.6 Å². The Kier molecular flexibility index (Phi) is 9.20. The van der Waals surface area contributed by atoms with Crippen LogP contribution in [0.25, 0.3) is 0 Å². The third kappa shape index (κ3) is 7.25. The van der Waals surface area contributed by atoms with Crippen molar-refractivity contribution in [2.75, 3.05) is 26.2 Å². The maximum atomic E-state index is 11.7. The maximum Gasteiger partial charge on any atom is 0.234 e. The molecule has 1 heterocycles. The van der Waals surface area contributed by atoms with Crippen molar-refractivity contribution in [1.29, 1.82) is 0 Å². The molecule has 1 aromatic carbocycles. The Hall–Kier alpha value is -0.560. The topological polar surface area (TPSA) is 70.6 Å². The van der Waals surface area contributed by atoms with E-state index in [1.165, 1.54) is 0 Å². The molecule has 1 amide bonds. The number of ether oxygens (including phenoxy) is 1. The Bertz CT molecular complexity index is 490. The first-order valence-corrected chi connectivity index (χ1v) is 8.03. The number of carbonyl (C=O) groups excluding carboxylic acids is 1. The summed E-state index contributed by atoms with van der Waals surface area (Å²) >= 11 is 11.8. The second-order valence-electron chi connectivity index (χ2n) is 5.29. The summed E-state index contributed by atoms with van der Waals surface area (Å²) in [6, 6.07) is 4.84. The Balaban J connectivity index is 0.00000264. The lowest BCUT2D eigenvalue weighted by molar-refractivity contribution is -0.120. The van der Waals surface area contributed by atoms with E-state index in [1.54, 1.807) is 18.2 Å². The van der Waals surface area contributed by atoms with E-state index in [4.69, 9.17) is 27.9 Å². The minimum atomic E-state index is -0.849. The highest BCUT2D eigenvalue weighted by atomic mass is 35.5. The van der Waals surface area contributed by atoms with E-state index in [9.17, 15) is 9.90 Å². The summed E-state index contributed by atoms with van der Waals surface area (Å²) in [5.41, 5.74) is 0.574. The molecule has 0 saturated carbocycles. The molecular formula is C15H21Cl3N2O3. The zero-order valence-electron chi connectivity index (χ0n) is 12.6. The minimum absolute atomic E-state index is 0. The third-order valence-electron chi connectivity index (χ3n) is 3.44. The lowest BCUT2D eigenvalue weighted by atomic mass is 10.1. The quantitative estimate of drug-likeness (QED) is 0.676. The fourth-order valence-corrected chi connectivity index (χ4v) is 2.85. The zero-order chi connectivity index (χ0) is 15.9. The summed E-state index contributed by atoms with van der Waals surface area (Å²) in [4.78, 5) is 11.7. The molecule has 2 unspecified atom stereocenters. The molecule has 1 saturated heterocycles. The monoisotopic (exact) mass is 382 g/mol. The van der Waals surface area contributed by atoms with Gasteiger partial charge in [-0.15, -0.1) is 12.4 Å². The molecule has 1 fully saturated rings. The van der Waals surface area contributed by atoms with E-state index >= 15 is 0 Å². The molecule has 2 rings (SSSR count). The molecule has 0 radical (unpaired) electrons. The third-order valence-corrected chi connectivity index (χ3v) is 3.88. The van der Waals surface area contributed by atoms with Gasteiger partial charge in [0, 0.05) is 29.7 Å². The van der Waals surface area contributed by atoms with Crippen LogP contribution in [0.1, 0.15) is 24.5 Å². The van der Waals surface area contributed by atoms with Crippen LogP contribution >= 0.6 is 35.6 Å². The number of hydrogen-bond donors (Lipinski definition) is 3. The molecule has 1 aromatic rings. The summed E-state index contributed by atoms with van der Waals surface area (Å²) in [6.07, 6.45) is 1.46. The Morgan fingerprint density at radius 2 is 2.04 bits per heavy atom. The van der Waals surface area contributed by atoms with Crippen LogP contribution in [-0.4, -0.2) is 43.4 Å². The molecule has 8 heteroatoms. The fraction of sp³-hybridized carbons (Fsp3) is 0.533. The predicted molar refractivity (Wildman–Crippen MR) is 93.5 cm³/mol. The van der Waals surface area contributed by atoms with E-state index in [0.29, 0.717) is 22.2 Å². The van der Waals surface area contributed by atoms with E-state index < -0.39 is 6.10 Å². The number of aliphatic hydroxyl groups is 1. The molecular weight excluding hydrogens is 363 g/mol. The van der Waals surface area contributed by atoms with Gasteiger partial charge in [0.1, 0.15) is 0 Å². The first-order chi connectivity index (χ1) is 10.5. The van der Waals surface area contributed by atoms with Gasteiger partial charge in [-0.25, -0.2) is 0 Å². The molecule has 3 N–H and O–H groups in total. The van der Waals surface area contributed by atoms with Crippen LogP contribution in [0.5, 0.6) is 0 Å². The molecule has 0 aromatic heterocycles. The standard InChI is InChI=1S/C15H20Cl2N2O3.ClH/c16-11-4-10(5-12(17)6-11)14(20)8-19-15(21)9-18-7-13-2-1-3-22-13;/h4-6,13-14,18,20H,1-3,7-9H2,(H,19,21);1H. The summed E-state index contributed by atoms with van der Waals surface area (Å²) in [5, 5.41) is 16.7. The molecule has 5 nitrogen and oxygen atoms in total. The number of rotatable bonds is 7. The van der Waals surface area contributed by atoms with Crippen LogP contribution in [0.4, 0.5) is 0 Å². The molecule has 0 aliphatic carbocycles. The predicted octanol–water partition coefficient (Wildman–Crippen LogP) is 2.33. The van der Waals surface area contributed by atoms with Crippen LogP contribution in [0.15, 0.2) is 18.2 Å². The van der Waals surface area contributed by atoms with Gasteiger partial charge in [-0.1, -0.05) is 23.2 Å². The number of benzene rings is 1. The van der Waals surface area contributed by atoms with Crippen LogP contribution in [0, 0.1) is 0 Å². The van der Waals surface area contributed by atoms with Gasteiger partial charge >= 0.3 is 0 Å². The Morgan fingerprint density at radius 1 is 1.35 bits per heavy atom. The Morgan fingerprint density at radius 3 is 2.65 bits per heavy atom. The highest BCUT2D eigenvalue weighted by molar-refractivity contribution is 6.34. The first-order valence-electron chi connectivity index (χ1n) is 7.27. The number of carbonyl (C=O) groups is 1. The molecule has 0 bridgehead atoms. The van der Waals surface area contributed by atoms with Crippen molar-refractivity contribution in [2.45, 2.75) is 25.0 Å². The van der Waals surface area contributed by atoms with Gasteiger partial charge in [0.05, 0.1) is 18.8 Å². The largest absolute Gasteiger partial charge is 0.387 e. The van der Waals surface area contributed by atoms with Gasteiger partial charge in [-0.05, 0) is 36.6 Å². The second kappa shape index (κ2) is 10.3. The van der Waals surface area contributed by atoms with Crippen molar-refractivity contribution >= 4 is 41.5 Å². The van der Waals surface area contributed by atoms with Gasteiger partial charge in [0.25, 0.3) is 0 Å². The second-order valence-corrected chi connectivity index (χ2v) is 6.16. The number of aliphatic hydroxyl groups excluding tert-OH is 1. The SMILES string of the molecule is Cl.O=C(CNCC1CCCO1)NCC(O)c1cc(Cl)cc(Cl)c1. The zero-order valence-corrected chi connectivity index (χ0v) is 14.9. The van der Waals surface area contributed by atoms with Crippen LogP contribution in [0.2, 0.25) is 10.0 Å². The van der Waals surface area contributed by atoms with Gasteiger partial charge in [-0.3, -0.25) is 4.79 Å². The van der Waals surface area contributed by atoms with Gasteiger partial charge in [-0.2, -0.15) is 0 Å². The van der Waals surface area contributed by atoms with Crippen molar-refractivity contribution in [3.05, 3.63) is 33.8 Å². The molecule has 23 heavy (non-hydrogen) atoms. The lowest BCUT2D eigenvalue weighted by Gasteiger charge is -2.14. The van der Waals surface area contributed by atoms with Crippen molar-refractivity contribution in [1.82, 2.24) is 10.6 Å². The summed E-state index contributed by atoms with van der Waals surface area (Å²) < 4.78 is 5.45. The van der Waals surface area contributed by atoms with Crippen molar-refractivity contribution in [2.24, 2.45) is 0 Å². The molecule has 1 aliphatic rings. The number of hydrogen-bond acceptors (Lipinski definition) is 4. The maximum absolute atomic E-state index is 11.7. The number of halogens is 3. The van der Waals surface area contributed by atoms with Crippen LogP contribution in [-0.2, 0) is 9.53 Å². The van der Waals surface area contributed by atoms with Crippen LogP contribution < -0.4 is 10.6 Å². The van der Waals surface area contributed by atoms with E-state index in [1.807, 2.05) is 0 Å². The molecule has 1 aliphatic heterocycles. The Labute approximate surface area is 152 Å². The van der Waals surface area contributed by atoms with Crippen LogP contribution in [0.3, 0.4) is 0 Å². The highest BCUT2D eigenvalue weighted by Gasteiger charge is 2.15. The molecule has 0 spiro atoms. The van der Waals surface area contributed by atoms with Crippen molar-refractivity contribution in [3.63, 3.8) is 0 Å². The first kappa shape index (κ1) is 20.5. The average molecular weight is 384 g/mol.